The second-order valence-corrected chi connectivity index (χ2v) is 7.23. The topological polar surface area (TPSA) is 57.5 Å². The van der Waals surface area contributed by atoms with Gasteiger partial charge in [-0.15, -0.1) is 24.0 Å². The van der Waals surface area contributed by atoms with Crippen molar-refractivity contribution < 1.29 is 0 Å². The molecular formula is C21H35IN6. The van der Waals surface area contributed by atoms with Crippen LogP contribution in [0.25, 0.3) is 0 Å². The van der Waals surface area contributed by atoms with Gasteiger partial charge in [0.1, 0.15) is 5.82 Å². The van der Waals surface area contributed by atoms with E-state index < -0.39 is 0 Å². The highest BCUT2D eigenvalue weighted by atomic mass is 127. The van der Waals surface area contributed by atoms with Gasteiger partial charge in [0.25, 0.3) is 0 Å². The second-order valence-electron chi connectivity index (χ2n) is 7.23. The van der Waals surface area contributed by atoms with Gasteiger partial charge in [-0.3, -0.25) is 9.89 Å². The Morgan fingerprint density at radius 1 is 1.11 bits per heavy atom. The lowest BCUT2D eigenvalue weighted by Gasteiger charge is -2.30. The number of hydrogen-bond acceptors (Lipinski definition) is 3. The standard InChI is InChI=1S/C21H34N6.HI/c1-17(2)27(18(3)4)14-12-24-21(22-5)25-15-20-23-11-13-26(20)16-19-9-7-6-8-10-19;/h6-11,13,17-18H,12,14-16H2,1-5H3,(H2,22,24,25);1H. The molecule has 0 spiro atoms. The molecule has 156 valence electrons. The molecule has 0 radical (unpaired) electrons. The van der Waals surface area contributed by atoms with E-state index >= 15 is 0 Å². The maximum atomic E-state index is 4.48. The van der Waals surface area contributed by atoms with Crippen LogP contribution in [-0.4, -0.2) is 52.6 Å². The van der Waals surface area contributed by atoms with Crippen LogP contribution in [-0.2, 0) is 13.1 Å². The molecule has 1 aromatic carbocycles. The van der Waals surface area contributed by atoms with Gasteiger partial charge in [0.2, 0.25) is 0 Å². The quantitative estimate of drug-likeness (QED) is 0.317. The largest absolute Gasteiger partial charge is 0.355 e. The molecule has 0 aliphatic rings. The summed E-state index contributed by atoms with van der Waals surface area (Å²) in [5.41, 5.74) is 1.27. The third-order valence-corrected chi connectivity index (χ3v) is 4.62. The van der Waals surface area contributed by atoms with Crippen molar-refractivity contribution >= 4 is 29.9 Å². The first kappa shape index (κ1) is 24.4. The lowest BCUT2D eigenvalue weighted by atomic mass is 10.2. The summed E-state index contributed by atoms with van der Waals surface area (Å²) in [5, 5.41) is 6.77. The van der Waals surface area contributed by atoms with E-state index in [2.05, 4.69) is 82.0 Å². The fraction of sp³-hybridized carbons (Fsp3) is 0.524. The zero-order chi connectivity index (χ0) is 19.6. The Balaban J connectivity index is 0.00000392. The molecule has 0 bridgehead atoms. The van der Waals surface area contributed by atoms with Crippen molar-refractivity contribution in [3.63, 3.8) is 0 Å². The van der Waals surface area contributed by atoms with E-state index in [1.165, 1.54) is 5.56 Å². The van der Waals surface area contributed by atoms with Crippen molar-refractivity contribution in [1.29, 1.82) is 0 Å². The number of rotatable bonds is 9. The summed E-state index contributed by atoms with van der Waals surface area (Å²) in [6.45, 7) is 12.2. The number of aliphatic imine (C=N–C) groups is 1. The molecule has 2 aromatic rings. The summed E-state index contributed by atoms with van der Waals surface area (Å²) in [6, 6.07) is 11.5. The predicted octanol–water partition coefficient (Wildman–Crippen LogP) is 3.33. The molecule has 1 heterocycles. The Bertz CT molecular complexity index is 688. The normalized spacial score (nSPS) is 11.8. The molecule has 0 atom stereocenters. The summed E-state index contributed by atoms with van der Waals surface area (Å²) < 4.78 is 2.16. The number of halogens is 1. The number of imidazole rings is 1. The molecule has 0 saturated carbocycles. The van der Waals surface area contributed by atoms with Gasteiger partial charge in [-0.1, -0.05) is 30.3 Å². The Morgan fingerprint density at radius 3 is 2.39 bits per heavy atom. The van der Waals surface area contributed by atoms with Crippen molar-refractivity contribution in [2.75, 3.05) is 20.1 Å². The maximum Gasteiger partial charge on any atom is 0.191 e. The van der Waals surface area contributed by atoms with Gasteiger partial charge in [0.05, 0.1) is 6.54 Å². The summed E-state index contributed by atoms with van der Waals surface area (Å²) in [7, 11) is 1.80. The van der Waals surface area contributed by atoms with Crippen molar-refractivity contribution in [2.24, 2.45) is 4.99 Å². The van der Waals surface area contributed by atoms with Gasteiger partial charge in [-0.2, -0.15) is 0 Å². The first-order chi connectivity index (χ1) is 13.0. The summed E-state index contributed by atoms with van der Waals surface area (Å²) >= 11 is 0. The second kappa shape index (κ2) is 12.8. The molecule has 7 heteroatoms. The van der Waals surface area contributed by atoms with Crippen LogP contribution in [0.1, 0.15) is 39.1 Å². The lowest BCUT2D eigenvalue weighted by molar-refractivity contribution is 0.178. The SMILES string of the molecule is CN=C(NCCN(C(C)C)C(C)C)NCc1nccn1Cc1ccccc1.I. The van der Waals surface area contributed by atoms with E-state index in [0.29, 0.717) is 18.6 Å². The number of benzene rings is 1. The molecular weight excluding hydrogens is 463 g/mol. The predicted molar refractivity (Wildman–Crippen MR) is 128 cm³/mol. The van der Waals surface area contributed by atoms with Crippen molar-refractivity contribution in [3.05, 3.63) is 54.1 Å². The highest BCUT2D eigenvalue weighted by Crippen LogP contribution is 2.06. The van der Waals surface area contributed by atoms with Crippen molar-refractivity contribution in [1.82, 2.24) is 25.1 Å². The van der Waals surface area contributed by atoms with E-state index in [1.54, 1.807) is 7.05 Å². The smallest absolute Gasteiger partial charge is 0.191 e. The highest BCUT2D eigenvalue weighted by molar-refractivity contribution is 14.0. The van der Waals surface area contributed by atoms with E-state index in [0.717, 1.165) is 31.4 Å². The Kier molecular flexibility index (Phi) is 11.1. The van der Waals surface area contributed by atoms with E-state index in [1.807, 2.05) is 18.5 Å². The molecule has 2 N–H and O–H groups in total. The van der Waals surface area contributed by atoms with Crippen LogP contribution in [0.5, 0.6) is 0 Å². The van der Waals surface area contributed by atoms with E-state index in [-0.39, 0.29) is 24.0 Å². The average Bonchev–Trinajstić information content (AvgIpc) is 3.08. The van der Waals surface area contributed by atoms with Crippen molar-refractivity contribution in [3.8, 4) is 0 Å². The fourth-order valence-corrected chi connectivity index (χ4v) is 3.23. The number of guanidine groups is 1. The molecule has 6 nitrogen and oxygen atoms in total. The molecule has 0 saturated heterocycles. The van der Waals surface area contributed by atoms with Gasteiger partial charge < -0.3 is 15.2 Å². The molecule has 0 amide bonds. The van der Waals surface area contributed by atoms with Gasteiger partial charge in [-0.25, -0.2) is 4.98 Å². The van der Waals surface area contributed by atoms with E-state index in [9.17, 15) is 0 Å². The Hall–Kier alpha value is -1.61. The molecule has 0 aliphatic carbocycles. The van der Waals surface area contributed by atoms with Crippen LogP contribution < -0.4 is 10.6 Å². The first-order valence-electron chi connectivity index (χ1n) is 9.75. The zero-order valence-electron chi connectivity index (χ0n) is 17.7. The minimum absolute atomic E-state index is 0. The monoisotopic (exact) mass is 498 g/mol. The molecule has 28 heavy (non-hydrogen) atoms. The van der Waals surface area contributed by atoms with Crippen molar-refractivity contribution in [2.45, 2.75) is 52.9 Å². The van der Waals surface area contributed by atoms with Crippen LogP contribution in [0.15, 0.2) is 47.7 Å². The molecule has 1 aromatic heterocycles. The van der Waals surface area contributed by atoms with E-state index in [4.69, 9.17) is 0 Å². The van der Waals surface area contributed by atoms with Crippen LogP contribution in [0.3, 0.4) is 0 Å². The minimum Gasteiger partial charge on any atom is -0.355 e. The maximum absolute atomic E-state index is 4.48. The number of hydrogen-bond donors (Lipinski definition) is 2. The number of nitrogens with one attached hydrogen (secondary N) is 2. The zero-order valence-corrected chi connectivity index (χ0v) is 20.1. The van der Waals surface area contributed by atoms with Crippen LogP contribution in [0.4, 0.5) is 0 Å². The molecule has 2 rings (SSSR count). The lowest BCUT2D eigenvalue weighted by Crippen LogP contribution is -2.45. The summed E-state index contributed by atoms with van der Waals surface area (Å²) in [6.07, 6.45) is 3.86. The first-order valence-corrected chi connectivity index (χ1v) is 9.75. The molecule has 0 unspecified atom stereocenters. The summed E-state index contributed by atoms with van der Waals surface area (Å²) in [4.78, 5) is 11.3. The third-order valence-electron chi connectivity index (χ3n) is 4.62. The van der Waals surface area contributed by atoms with Gasteiger partial charge in [-0.05, 0) is 33.3 Å². The van der Waals surface area contributed by atoms with Gasteiger partial charge in [0.15, 0.2) is 5.96 Å². The molecule has 0 aliphatic heterocycles. The van der Waals surface area contributed by atoms with Crippen LogP contribution >= 0.6 is 24.0 Å². The highest BCUT2D eigenvalue weighted by Gasteiger charge is 2.12. The molecule has 0 fully saturated rings. The Morgan fingerprint density at radius 2 is 1.79 bits per heavy atom. The minimum atomic E-state index is 0. The third kappa shape index (κ3) is 7.79. The number of aromatic nitrogens is 2. The van der Waals surface area contributed by atoms with Gasteiger partial charge >= 0.3 is 0 Å². The fourth-order valence-electron chi connectivity index (χ4n) is 3.23. The van der Waals surface area contributed by atoms with Crippen LogP contribution in [0, 0.1) is 0 Å². The average molecular weight is 498 g/mol. The summed E-state index contributed by atoms with van der Waals surface area (Å²) in [5.74, 6) is 1.80. The number of nitrogens with zero attached hydrogens (tertiary/aromatic N) is 4. The van der Waals surface area contributed by atoms with Crippen LogP contribution in [0.2, 0.25) is 0 Å². The Labute approximate surface area is 186 Å². The van der Waals surface area contributed by atoms with Gasteiger partial charge in [0, 0.05) is 51.2 Å².